The third-order valence-electron chi connectivity index (χ3n) is 4.55. The van der Waals surface area contributed by atoms with E-state index in [1.165, 1.54) is 11.3 Å². The summed E-state index contributed by atoms with van der Waals surface area (Å²) in [5, 5.41) is 9.02. The highest BCUT2D eigenvalue weighted by Gasteiger charge is 2.57. The van der Waals surface area contributed by atoms with Gasteiger partial charge in [-0.15, -0.1) is 0 Å². The normalized spacial score (nSPS) is 26.9. The van der Waals surface area contributed by atoms with Gasteiger partial charge in [0.05, 0.1) is 0 Å². The Bertz CT molecular complexity index is 504. The minimum absolute atomic E-state index is 0.0333. The fraction of sp³-hybridized carbons (Fsp3) is 0.500. The van der Waals surface area contributed by atoms with Gasteiger partial charge in [-0.05, 0) is 30.2 Å². The number of carboxylic acid groups (broad SMARTS) is 1. The Balaban J connectivity index is 1.69. The second-order valence-corrected chi connectivity index (χ2v) is 5.86. The average Bonchev–Trinajstić information content (AvgIpc) is 2.90. The highest BCUT2D eigenvalue weighted by Crippen LogP contribution is 2.58. The number of carbonyl (C=O) groups excluding carboxylic acids is 1. The van der Waals surface area contributed by atoms with E-state index in [9.17, 15) is 9.59 Å². The lowest BCUT2D eigenvalue weighted by Crippen LogP contribution is -2.37. The Kier molecular flexibility index (Phi) is 3.47. The van der Waals surface area contributed by atoms with E-state index in [1.54, 1.807) is 0 Å². The molecule has 1 aromatic carbocycles. The molecule has 4 nitrogen and oxygen atoms in total. The van der Waals surface area contributed by atoms with Crippen molar-refractivity contribution in [3.8, 4) is 0 Å². The number of nitrogens with zero attached hydrogens (tertiary/aromatic N) is 1. The van der Waals surface area contributed by atoms with Crippen molar-refractivity contribution in [3.05, 3.63) is 35.9 Å². The van der Waals surface area contributed by atoms with E-state index >= 15 is 0 Å². The minimum Gasteiger partial charge on any atom is -0.480 e. The lowest BCUT2D eigenvalue weighted by atomic mass is 10.1. The zero-order chi connectivity index (χ0) is 14.1. The number of rotatable bonds is 5. The zero-order valence-corrected chi connectivity index (χ0v) is 11.4. The van der Waals surface area contributed by atoms with Crippen molar-refractivity contribution in [2.45, 2.75) is 25.8 Å². The molecule has 1 N–H and O–H groups in total. The van der Waals surface area contributed by atoms with Crippen LogP contribution in [0.3, 0.4) is 0 Å². The van der Waals surface area contributed by atoms with E-state index < -0.39 is 5.97 Å². The van der Waals surface area contributed by atoms with E-state index in [4.69, 9.17) is 5.11 Å². The fourth-order valence-electron chi connectivity index (χ4n) is 3.58. The first-order valence-corrected chi connectivity index (χ1v) is 7.21. The summed E-state index contributed by atoms with van der Waals surface area (Å²) in [6, 6.07) is 9.58. The van der Waals surface area contributed by atoms with E-state index in [1.807, 2.05) is 30.3 Å². The van der Waals surface area contributed by atoms with Gasteiger partial charge in [-0.25, -0.2) is 0 Å². The molecule has 2 unspecified atom stereocenters. The van der Waals surface area contributed by atoms with E-state index in [2.05, 4.69) is 0 Å². The number of carboxylic acids is 1. The lowest BCUT2D eigenvalue weighted by molar-refractivity contribution is -0.145. The average molecular weight is 273 g/mol. The molecule has 0 spiro atoms. The SMILES string of the molecule is O=C(O)CN(Cc1ccccc1)C(=O)C1C2CCCC21. The summed E-state index contributed by atoms with van der Waals surface area (Å²) in [4.78, 5) is 25.0. The molecule has 2 aliphatic rings. The first-order chi connectivity index (χ1) is 9.66. The van der Waals surface area contributed by atoms with Crippen LogP contribution in [0.25, 0.3) is 0 Å². The predicted octanol–water partition coefficient (Wildman–Crippen LogP) is 2.15. The monoisotopic (exact) mass is 273 g/mol. The van der Waals surface area contributed by atoms with Crippen LogP contribution in [0.2, 0.25) is 0 Å². The first kappa shape index (κ1) is 13.2. The van der Waals surface area contributed by atoms with Crippen LogP contribution in [0.1, 0.15) is 24.8 Å². The van der Waals surface area contributed by atoms with Gasteiger partial charge in [0.15, 0.2) is 0 Å². The van der Waals surface area contributed by atoms with Crippen LogP contribution < -0.4 is 0 Å². The standard InChI is InChI=1S/C16H19NO3/c18-14(19)10-17(9-11-5-2-1-3-6-11)16(20)15-12-7-4-8-13(12)15/h1-3,5-6,12-13,15H,4,7-10H2,(H,18,19). The molecule has 0 aromatic heterocycles. The van der Waals surface area contributed by atoms with E-state index in [0.717, 1.165) is 18.4 Å². The molecule has 1 amide bonds. The number of aliphatic carboxylic acids is 1. The molecule has 0 radical (unpaired) electrons. The quantitative estimate of drug-likeness (QED) is 0.894. The van der Waals surface area contributed by atoms with Gasteiger partial charge < -0.3 is 10.0 Å². The molecule has 4 heteroatoms. The molecule has 2 fully saturated rings. The molecule has 0 bridgehead atoms. The third kappa shape index (κ3) is 2.55. The first-order valence-electron chi connectivity index (χ1n) is 7.21. The Hall–Kier alpha value is -1.84. The summed E-state index contributed by atoms with van der Waals surface area (Å²) < 4.78 is 0. The second-order valence-electron chi connectivity index (χ2n) is 5.86. The van der Waals surface area contributed by atoms with Gasteiger partial charge in [0.1, 0.15) is 6.54 Å². The zero-order valence-electron chi connectivity index (χ0n) is 11.4. The smallest absolute Gasteiger partial charge is 0.323 e. The largest absolute Gasteiger partial charge is 0.480 e. The van der Waals surface area contributed by atoms with Crippen LogP contribution in [0.15, 0.2) is 30.3 Å². The van der Waals surface area contributed by atoms with Gasteiger partial charge >= 0.3 is 5.97 Å². The molecule has 2 saturated carbocycles. The number of fused-ring (bicyclic) bond motifs is 1. The Morgan fingerprint density at radius 2 is 1.80 bits per heavy atom. The van der Waals surface area contributed by atoms with Crippen molar-refractivity contribution in [3.63, 3.8) is 0 Å². The molecule has 106 valence electrons. The highest BCUT2D eigenvalue weighted by molar-refractivity contribution is 5.85. The Labute approximate surface area is 118 Å². The number of hydrogen-bond acceptors (Lipinski definition) is 2. The van der Waals surface area contributed by atoms with Crippen LogP contribution >= 0.6 is 0 Å². The molecule has 0 heterocycles. The maximum Gasteiger partial charge on any atom is 0.323 e. The maximum atomic E-state index is 12.5. The number of hydrogen-bond donors (Lipinski definition) is 1. The van der Waals surface area contributed by atoms with E-state index in [-0.39, 0.29) is 18.4 Å². The van der Waals surface area contributed by atoms with E-state index in [0.29, 0.717) is 18.4 Å². The van der Waals surface area contributed by atoms with Gasteiger partial charge in [-0.1, -0.05) is 36.8 Å². The van der Waals surface area contributed by atoms with Crippen LogP contribution in [-0.2, 0) is 16.1 Å². The number of carbonyl (C=O) groups is 2. The molecular weight excluding hydrogens is 254 g/mol. The van der Waals surface area contributed by atoms with Crippen LogP contribution in [0.4, 0.5) is 0 Å². The third-order valence-corrected chi connectivity index (χ3v) is 4.55. The summed E-state index contributed by atoms with van der Waals surface area (Å²) in [6.07, 6.45) is 3.48. The van der Waals surface area contributed by atoms with Crippen LogP contribution in [-0.4, -0.2) is 28.4 Å². The van der Waals surface area contributed by atoms with Crippen molar-refractivity contribution >= 4 is 11.9 Å². The summed E-state index contributed by atoms with van der Waals surface area (Å²) >= 11 is 0. The summed E-state index contributed by atoms with van der Waals surface area (Å²) in [7, 11) is 0. The minimum atomic E-state index is -0.944. The Morgan fingerprint density at radius 3 is 2.40 bits per heavy atom. The molecule has 0 aliphatic heterocycles. The summed E-state index contributed by atoms with van der Waals surface area (Å²) in [5.41, 5.74) is 0.980. The van der Waals surface area contributed by atoms with Gasteiger partial charge in [-0.3, -0.25) is 9.59 Å². The molecule has 0 saturated heterocycles. The molecule has 2 aliphatic carbocycles. The molecule has 3 rings (SSSR count). The molecule has 20 heavy (non-hydrogen) atoms. The van der Waals surface area contributed by atoms with Gasteiger partial charge in [0, 0.05) is 12.5 Å². The van der Waals surface area contributed by atoms with Gasteiger partial charge in [0.2, 0.25) is 5.91 Å². The summed E-state index contributed by atoms with van der Waals surface area (Å²) in [5.74, 6) is 0.224. The topological polar surface area (TPSA) is 57.6 Å². The van der Waals surface area contributed by atoms with Gasteiger partial charge in [-0.2, -0.15) is 0 Å². The van der Waals surface area contributed by atoms with Crippen molar-refractivity contribution in [1.29, 1.82) is 0 Å². The van der Waals surface area contributed by atoms with Crippen molar-refractivity contribution in [1.82, 2.24) is 4.90 Å². The second kappa shape index (κ2) is 5.27. The van der Waals surface area contributed by atoms with Crippen LogP contribution in [0.5, 0.6) is 0 Å². The predicted molar refractivity (Wildman–Crippen MR) is 73.8 cm³/mol. The highest BCUT2D eigenvalue weighted by atomic mass is 16.4. The van der Waals surface area contributed by atoms with Crippen molar-refractivity contribution < 1.29 is 14.7 Å². The number of amides is 1. The lowest BCUT2D eigenvalue weighted by Gasteiger charge is -2.21. The summed E-state index contributed by atoms with van der Waals surface area (Å²) in [6.45, 7) is 0.186. The molecule has 1 aromatic rings. The maximum absolute atomic E-state index is 12.5. The van der Waals surface area contributed by atoms with Crippen molar-refractivity contribution in [2.24, 2.45) is 17.8 Å². The van der Waals surface area contributed by atoms with Crippen LogP contribution in [0, 0.1) is 17.8 Å². The Morgan fingerprint density at radius 1 is 1.15 bits per heavy atom. The molecular formula is C16H19NO3. The molecule has 2 atom stereocenters. The van der Waals surface area contributed by atoms with Gasteiger partial charge in [0.25, 0.3) is 0 Å². The number of benzene rings is 1. The van der Waals surface area contributed by atoms with Crippen molar-refractivity contribution in [2.75, 3.05) is 6.54 Å². The fourth-order valence-corrected chi connectivity index (χ4v) is 3.58.